The van der Waals surface area contributed by atoms with E-state index in [0.717, 1.165) is 32.1 Å². The maximum absolute atomic E-state index is 14.5. The van der Waals surface area contributed by atoms with Gasteiger partial charge in [0.15, 0.2) is 0 Å². The SMILES string of the molecule is C=CCOC(=O)[C@H]1[C@H]2C(=O)N(CCCCCO)C(C(=O)N(CC=C)C3CCCCC3)C23CC[C@]1(CC)O3. The molecule has 1 saturated carbocycles. The molecule has 0 aromatic carbocycles. The summed E-state index contributed by atoms with van der Waals surface area (Å²) in [6, 6.07) is -0.653. The Labute approximate surface area is 221 Å². The molecular weight excluding hydrogens is 472 g/mol. The standard InChI is InChI=1S/C29H44N2O6/c1-4-17-30(21-13-9-7-10-14-21)26(34)24-29-16-15-28(6-3,37-29)23(27(35)36-20-5-2)22(29)25(33)31(24)18-11-8-12-19-32/h4-5,21-24,32H,1-2,6-20H2,3H3/t22-,23+,24?,28-,29?/m0/s1. The van der Waals surface area contributed by atoms with E-state index in [1.807, 2.05) is 11.8 Å². The zero-order chi connectivity index (χ0) is 26.6. The van der Waals surface area contributed by atoms with Gasteiger partial charge < -0.3 is 24.4 Å². The number of nitrogens with zero attached hydrogens (tertiary/aromatic N) is 2. The first-order valence-electron chi connectivity index (χ1n) is 14.2. The van der Waals surface area contributed by atoms with Gasteiger partial charge in [-0.2, -0.15) is 0 Å². The maximum Gasteiger partial charge on any atom is 0.313 e. The van der Waals surface area contributed by atoms with Crippen molar-refractivity contribution >= 4 is 17.8 Å². The molecule has 8 nitrogen and oxygen atoms in total. The van der Waals surface area contributed by atoms with E-state index >= 15 is 0 Å². The summed E-state index contributed by atoms with van der Waals surface area (Å²) >= 11 is 0. The number of aliphatic hydroxyl groups is 1. The number of hydrogen-bond acceptors (Lipinski definition) is 6. The summed E-state index contributed by atoms with van der Waals surface area (Å²) in [7, 11) is 0. The maximum atomic E-state index is 14.5. The van der Waals surface area contributed by atoms with E-state index in [-0.39, 0.29) is 31.1 Å². The largest absolute Gasteiger partial charge is 0.461 e. The van der Waals surface area contributed by atoms with Gasteiger partial charge in [-0.15, -0.1) is 6.58 Å². The van der Waals surface area contributed by atoms with Crippen LogP contribution in [-0.2, 0) is 23.9 Å². The summed E-state index contributed by atoms with van der Waals surface area (Å²) in [4.78, 5) is 45.6. The van der Waals surface area contributed by atoms with Gasteiger partial charge in [-0.3, -0.25) is 14.4 Å². The van der Waals surface area contributed by atoms with Crippen LogP contribution in [0.2, 0.25) is 0 Å². The number of unbranched alkanes of at least 4 members (excludes halogenated alkanes) is 2. The molecule has 2 bridgehead atoms. The van der Waals surface area contributed by atoms with Crippen molar-refractivity contribution in [1.29, 1.82) is 0 Å². The molecule has 3 aliphatic heterocycles. The van der Waals surface area contributed by atoms with Crippen LogP contribution in [0.1, 0.15) is 77.6 Å². The zero-order valence-electron chi connectivity index (χ0n) is 22.4. The molecule has 4 aliphatic rings. The molecule has 206 valence electrons. The molecule has 3 saturated heterocycles. The molecule has 2 unspecified atom stereocenters. The number of carbonyl (C=O) groups is 3. The van der Waals surface area contributed by atoms with Crippen LogP contribution in [-0.4, -0.2) is 82.3 Å². The minimum atomic E-state index is -1.03. The van der Waals surface area contributed by atoms with Crippen LogP contribution in [0.25, 0.3) is 0 Å². The molecule has 4 rings (SSSR count). The molecule has 3 heterocycles. The number of hydrogen-bond donors (Lipinski definition) is 1. The molecule has 1 N–H and O–H groups in total. The summed E-state index contributed by atoms with van der Waals surface area (Å²) in [6.45, 7) is 10.5. The van der Waals surface area contributed by atoms with Gasteiger partial charge in [0.2, 0.25) is 11.8 Å². The number of aliphatic hydroxyl groups excluding tert-OH is 1. The van der Waals surface area contributed by atoms with E-state index in [1.54, 1.807) is 11.0 Å². The first kappa shape index (κ1) is 27.8. The predicted octanol–water partition coefficient (Wildman–Crippen LogP) is 3.38. The van der Waals surface area contributed by atoms with Crippen molar-refractivity contribution in [2.24, 2.45) is 11.8 Å². The molecule has 0 aromatic rings. The van der Waals surface area contributed by atoms with Gasteiger partial charge in [0.1, 0.15) is 24.2 Å². The summed E-state index contributed by atoms with van der Waals surface area (Å²) in [6.07, 6.45) is 12.4. The van der Waals surface area contributed by atoms with Crippen molar-refractivity contribution in [1.82, 2.24) is 9.80 Å². The number of likely N-dealkylation sites (tertiary alicyclic amines) is 1. The number of amides is 2. The van der Waals surface area contributed by atoms with Gasteiger partial charge in [-0.1, -0.05) is 44.9 Å². The Balaban J connectivity index is 1.72. The normalized spacial score (nSPS) is 32.9. The molecule has 8 heteroatoms. The van der Waals surface area contributed by atoms with Crippen LogP contribution < -0.4 is 0 Å². The molecule has 0 aromatic heterocycles. The second kappa shape index (κ2) is 11.7. The summed E-state index contributed by atoms with van der Waals surface area (Å²) < 4.78 is 12.3. The Morgan fingerprint density at radius 3 is 2.57 bits per heavy atom. The van der Waals surface area contributed by atoms with Gasteiger partial charge in [0.25, 0.3) is 0 Å². The highest BCUT2D eigenvalue weighted by Crippen LogP contribution is 2.64. The second-order valence-corrected chi connectivity index (χ2v) is 11.1. The lowest BCUT2D eigenvalue weighted by atomic mass is 9.65. The van der Waals surface area contributed by atoms with E-state index in [0.29, 0.717) is 45.2 Å². The van der Waals surface area contributed by atoms with Crippen LogP contribution in [0.15, 0.2) is 25.3 Å². The quantitative estimate of drug-likeness (QED) is 0.229. The number of rotatable bonds is 13. The number of fused-ring (bicyclic) bond motifs is 1. The predicted molar refractivity (Wildman–Crippen MR) is 139 cm³/mol. The lowest BCUT2D eigenvalue weighted by Crippen LogP contribution is -2.58. The van der Waals surface area contributed by atoms with Gasteiger partial charge in [-0.25, -0.2) is 0 Å². The lowest BCUT2D eigenvalue weighted by molar-refractivity contribution is -0.161. The third-order valence-electron chi connectivity index (χ3n) is 9.19. The Hall–Kier alpha value is -2.19. The molecule has 2 amide bonds. The smallest absolute Gasteiger partial charge is 0.313 e. The number of ether oxygens (including phenoxy) is 2. The van der Waals surface area contributed by atoms with Crippen LogP contribution >= 0.6 is 0 Å². The van der Waals surface area contributed by atoms with Crippen molar-refractivity contribution in [2.75, 3.05) is 26.3 Å². The Morgan fingerprint density at radius 2 is 1.92 bits per heavy atom. The minimum absolute atomic E-state index is 0.0745. The molecule has 37 heavy (non-hydrogen) atoms. The van der Waals surface area contributed by atoms with Gasteiger partial charge >= 0.3 is 5.97 Å². The average Bonchev–Trinajstić information content (AvgIpc) is 3.52. The van der Waals surface area contributed by atoms with Crippen LogP contribution in [0.5, 0.6) is 0 Å². The van der Waals surface area contributed by atoms with Crippen molar-refractivity contribution in [2.45, 2.75) is 101 Å². The van der Waals surface area contributed by atoms with Crippen molar-refractivity contribution in [3.8, 4) is 0 Å². The van der Waals surface area contributed by atoms with E-state index < -0.39 is 35.0 Å². The monoisotopic (exact) mass is 516 g/mol. The topological polar surface area (TPSA) is 96.4 Å². The Kier molecular flexibility index (Phi) is 8.79. The highest BCUT2D eigenvalue weighted by Gasteiger charge is 2.79. The van der Waals surface area contributed by atoms with E-state index in [2.05, 4.69) is 13.2 Å². The van der Waals surface area contributed by atoms with Gasteiger partial charge in [-0.05, 0) is 51.4 Å². The zero-order valence-corrected chi connectivity index (χ0v) is 22.4. The Morgan fingerprint density at radius 1 is 1.16 bits per heavy atom. The molecule has 1 spiro atoms. The Bertz CT molecular complexity index is 886. The lowest BCUT2D eigenvalue weighted by Gasteiger charge is -2.41. The van der Waals surface area contributed by atoms with Crippen molar-refractivity contribution < 1.29 is 29.0 Å². The van der Waals surface area contributed by atoms with Crippen molar-refractivity contribution in [3.63, 3.8) is 0 Å². The van der Waals surface area contributed by atoms with Crippen molar-refractivity contribution in [3.05, 3.63) is 25.3 Å². The fourth-order valence-electron chi connectivity index (χ4n) is 7.51. The van der Waals surface area contributed by atoms with E-state index in [1.165, 1.54) is 12.5 Å². The molecule has 4 fully saturated rings. The molecule has 5 atom stereocenters. The van der Waals surface area contributed by atoms with Crippen LogP contribution in [0, 0.1) is 11.8 Å². The number of carbonyl (C=O) groups excluding carboxylic acids is 3. The first-order valence-corrected chi connectivity index (χ1v) is 14.2. The molecule has 1 aliphatic carbocycles. The second-order valence-electron chi connectivity index (χ2n) is 11.1. The fraction of sp³-hybridized carbons (Fsp3) is 0.759. The highest BCUT2D eigenvalue weighted by molar-refractivity contribution is 5.98. The van der Waals surface area contributed by atoms with E-state index in [9.17, 15) is 19.5 Å². The minimum Gasteiger partial charge on any atom is -0.461 e. The summed E-state index contributed by atoms with van der Waals surface area (Å²) in [5, 5.41) is 9.24. The summed E-state index contributed by atoms with van der Waals surface area (Å²) in [5.41, 5.74) is -1.83. The van der Waals surface area contributed by atoms with E-state index in [4.69, 9.17) is 9.47 Å². The fourth-order valence-corrected chi connectivity index (χ4v) is 7.51. The third kappa shape index (κ3) is 4.76. The highest BCUT2D eigenvalue weighted by atomic mass is 16.6. The first-order chi connectivity index (χ1) is 17.9. The summed E-state index contributed by atoms with van der Waals surface area (Å²) in [5.74, 6) is -2.18. The average molecular weight is 517 g/mol. The third-order valence-corrected chi connectivity index (χ3v) is 9.19. The van der Waals surface area contributed by atoms with Gasteiger partial charge in [0.05, 0.1) is 11.5 Å². The van der Waals surface area contributed by atoms with Crippen LogP contribution in [0.3, 0.4) is 0 Å². The molecule has 0 radical (unpaired) electrons. The van der Waals surface area contributed by atoms with Crippen LogP contribution in [0.4, 0.5) is 0 Å². The number of esters is 1. The van der Waals surface area contributed by atoms with Gasteiger partial charge in [0, 0.05) is 25.7 Å². The molecular formula is C29H44N2O6.